The Kier molecular flexibility index (Phi) is 4.95. The highest BCUT2D eigenvalue weighted by Gasteiger charge is 2.20. The van der Waals surface area contributed by atoms with E-state index in [0.717, 1.165) is 65.2 Å². The molecule has 33 heavy (non-hydrogen) atoms. The monoisotopic (exact) mass is 440 g/mol. The topological polar surface area (TPSA) is 106 Å². The third-order valence-corrected chi connectivity index (χ3v) is 6.03. The van der Waals surface area contributed by atoms with Gasteiger partial charge in [0.25, 0.3) is 0 Å². The second-order valence-electron chi connectivity index (χ2n) is 8.39. The molecule has 3 aromatic heterocycles. The lowest BCUT2D eigenvalue weighted by molar-refractivity contribution is 0.0904. The van der Waals surface area contributed by atoms with Crippen LogP contribution in [0.15, 0.2) is 48.5 Å². The number of aryl methyl sites for hydroxylation is 1. The summed E-state index contributed by atoms with van der Waals surface area (Å²) in [6.45, 7) is 1.54. The number of tetrazole rings is 1. The smallest absolute Gasteiger partial charge is 0.204 e. The molecule has 6 rings (SSSR count). The van der Waals surface area contributed by atoms with Crippen molar-refractivity contribution < 1.29 is 4.74 Å². The van der Waals surface area contributed by atoms with E-state index in [1.807, 2.05) is 30.3 Å². The van der Waals surface area contributed by atoms with Gasteiger partial charge in [-0.3, -0.25) is 0 Å². The Morgan fingerprint density at radius 3 is 2.73 bits per heavy atom. The lowest BCUT2D eigenvalue weighted by Gasteiger charge is -2.24. The van der Waals surface area contributed by atoms with E-state index >= 15 is 0 Å². The predicted molar refractivity (Wildman–Crippen MR) is 126 cm³/mol. The molecule has 166 valence electrons. The maximum absolute atomic E-state index is 5.54. The molecule has 9 nitrogen and oxygen atoms in total. The molecule has 9 heteroatoms. The summed E-state index contributed by atoms with van der Waals surface area (Å²) < 4.78 is 5.54. The molecule has 0 aliphatic carbocycles. The van der Waals surface area contributed by atoms with Crippen LogP contribution in [-0.2, 0) is 18.2 Å². The summed E-state index contributed by atoms with van der Waals surface area (Å²) in [7, 11) is 1.76. The maximum atomic E-state index is 5.54. The lowest BCUT2D eigenvalue weighted by Crippen LogP contribution is -2.28. The van der Waals surface area contributed by atoms with Crippen molar-refractivity contribution >= 4 is 27.8 Å². The van der Waals surface area contributed by atoms with E-state index in [-0.39, 0.29) is 0 Å². The maximum Gasteiger partial charge on any atom is 0.204 e. The zero-order valence-electron chi connectivity index (χ0n) is 18.3. The van der Waals surface area contributed by atoms with E-state index in [4.69, 9.17) is 14.7 Å². The van der Waals surface area contributed by atoms with Gasteiger partial charge < -0.3 is 15.0 Å². The van der Waals surface area contributed by atoms with Gasteiger partial charge in [0.1, 0.15) is 17.3 Å². The van der Waals surface area contributed by atoms with Crippen LogP contribution < -0.4 is 5.32 Å². The SMILES string of the molecule is Cn1nnc(-c2ccc3c(c2)[nH]c2nc(Cc4ccccc4)nc(NC4CCOCC4)c23)n1. The molecule has 0 radical (unpaired) electrons. The van der Waals surface area contributed by atoms with Crippen molar-refractivity contribution in [2.24, 2.45) is 7.05 Å². The zero-order valence-corrected chi connectivity index (χ0v) is 18.3. The largest absolute Gasteiger partial charge is 0.381 e. The van der Waals surface area contributed by atoms with Crippen molar-refractivity contribution in [3.05, 3.63) is 59.9 Å². The average Bonchev–Trinajstić information content (AvgIpc) is 3.43. The fraction of sp³-hybridized carbons (Fsp3) is 0.292. The molecule has 0 atom stereocenters. The first-order valence-corrected chi connectivity index (χ1v) is 11.2. The number of aromatic nitrogens is 7. The van der Waals surface area contributed by atoms with Crippen LogP contribution >= 0.6 is 0 Å². The van der Waals surface area contributed by atoms with Crippen molar-refractivity contribution in [1.82, 2.24) is 35.2 Å². The summed E-state index contributed by atoms with van der Waals surface area (Å²) in [6, 6.07) is 16.8. The quantitative estimate of drug-likeness (QED) is 0.431. The second kappa shape index (κ2) is 8.25. The molecule has 0 amide bonds. The van der Waals surface area contributed by atoms with Crippen molar-refractivity contribution in [3.8, 4) is 11.4 Å². The van der Waals surface area contributed by atoms with Gasteiger partial charge in [0.2, 0.25) is 5.82 Å². The van der Waals surface area contributed by atoms with E-state index < -0.39 is 0 Å². The molecule has 1 fully saturated rings. The van der Waals surface area contributed by atoms with Gasteiger partial charge in [-0.15, -0.1) is 10.2 Å². The number of nitrogens with one attached hydrogen (secondary N) is 2. The van der Waals surface area contributed by atoms with Gasteiger partial charge in [0, 0.05) is 42.1 Å². The van der Waals surface area contributed by atoms with Crippen LogP contribution in [0.4, 0.5) is 5.82 Å². The van der Waals surface area contributed by atoms with E-state index in [2.05, 4.69) is 43.9 Å². The molecular weight excluding hydrogens is 416 g/mol. The Morgan fingerprint density at radius 2 is 1.94 bits per heavy atom. The Hall–Kier alpha value is -3.85. The van der Waals surface area contributed by atoms with Crippen molar-refractivity contribution in [3.63, 3.8) is 0 Å². The number of hydrogen-bond donors (Lipinski definition) is 2. The summed E-state index contributed by atoms with van der Waals surface area (Å²) in [6.07, 6.45) is 2.60. The highest BCUT2D eigenvalue weighted by Crippen LogP contribution is 2.33. The number of benzene rings is 2. The van der Waals surface area contributed by atoms with Crippen LogP contribution in [0, 0.1) is 0 Å². The Labute approximate surface area is 190 Å². The van der Waals surface area contributed by atoms with E-state index in [1.54, 1.807) is 7.05 Å². The first kappa shape index (κ1) is 19.8. The minimum atomic E-state index is 0.328. The number of hydrogen-bond acceptors (Lipinski definition) is 7. The molecule has 2 N–H and O–H groups in total. The van der Waals surface area contributed by atoms with E-state index in [1.165, 1.54) is 10.4 Å². The number of aromatic amines is 1. The van der Waals surface area contributed by atoms with Crippen LogP contribution in [0.1, 0.15) is 24.2 Å². The van der Waals surface area contributed by atoms with Gasteiger partial charge in [0.15, 0.2) is 0 Å². The molecule has 0 unspecified atom stereocenters. The predicted octanol–water partition coefficient (Wildman–Crippen LogP) is 3.48. The van der Waals surface area contributed by atoms with Crippen LogP contribution in [0.5, 0.6) is 0 Å². The molecule has 4 heterocycles. The summed E-state index contributed by atoms with van der Waals surface area (Å²) in [5.41, 5.74) is 3.88. The zero-order chi connectivity index (χ0) is 22.2. The fourth-order valence-electron chi connectivity index (χ4n) is 4.38. The van der Waals surface area contributed by atoms with Gasteiger partial charge >= 0.3 is 0 Å². The van der Waals surface area contributed by atoms with Crippen LogP contribution in [0.2, 0.25) is 0 Å². The molecule has 1 aliphatic rings. The first-order valence-electron chi connectivity index (χ1n) is 11.2. The molecular formula is C24H24N8O. The number of nitrogens with zero attached hydrogens (tertiary/aromatic N) is 6. The molecule has 2 aromatic carbocycles. The van der Waals surface area contributed by atoms with Gasteiger partial charge in [-0.25, -0.2) is 9.97 Å². The number of rotatable bonds is 5. The van der Waals surface area contributed by atoms with Crippen molar-refractivity contribution in [1.29, 1.82) is 0 Å². The Balaban J connectivity index is 1.46. The summed E-state index contributed by atoms with van der Waals surface area (Å²) in [5, 5.41) is 18.2. The number of anilines is 1. The molecule has 0 bridgehead atoms. The second-order valence-corrected chi connectivity index (χ2v) is 8.39. The van der Waals surface area contributed by atoms with Crippen LogP contribution in [-0.4, -0.2) is 54.4 Å². The van der Waals surface area contributed by atoms with Gasteiger partial charge in [-0.1, -0.05) is 42.5 Å². The standard InChI is InChI=1S/C24H24N8O/c1-32-30-22(29-31-32)16-7-8-18-19(14-16)26-24-21(18)23(25-17-9-11-33-12-10-17)27-20(28-24)13-15-5-3-2-4-6-15/h2-8,14,17H,9-13H2,1H3,(H2,25,26,27,28). The normalized spacial score (nSPS) is 14.8. The Morgan fingerprint density at radius 1 is 1.09 bits per heavy atom. The third kappa shape index (κ3) is 3.91. The molecule has 5 aromatic rings. The highest BCUT2D eigenvalue weighted by molar-refractivity contribution is 6.11. The van der Waals surface area contributed by atoms with Crippen LogP contribution in [0.25, 0.3) is 33.3 Å². The minimum Gasteiger partial charge on any atom is -0.381 e. The van der Waals surface area contributed by atoms with E-state index in [0.29, 0.717) is 18.3 Å². The van der Waals surface area contributed by atoms with Crippen LogP contribution in [0.3, 0.4) is 0 Å². The summed E-state index contributed by atoms with van der Waals surface area (Å²) in [5.74, 6) is 2.24. The van der Waals surface area contributed by atoms with Crippen molar-refractivity contribution in [2.45, 2.75) is 25.3 Å². The molecule has 1 saturated heterocycles. The third-order valence-electron chi connectivity index (χ3n) is 6.03. The number of H-pyrrole nitrogens is 1. The fourth-order valence-corrected chi connectivity index (χ4v) is 4.38. The summed E-state index contributed by atoms with van der Waals surface area (Å²) >= 11 is 0. The minimum absolute atomic E-state index is 0.328. The number of fused-ring (bicyclic) bond motifs is 3. The highest BCUT2D eigenvalue weighted by atomic mass is 16.5. The molecule has 1 aliphatic heterocycles. The van der Waals surface area contributed by atoms with Gasteiger partial charge in [0.05, 0.1) is 12.4 Å². The lowest BCUT2D eigenvalue weighted by atomic mass is 10.1. The van der Waals surface area contributed by atoms with E-state index in [9.17, 15) is 0 Å². The Bertz CT molecular complexity index is 1420. The van der Waals surface area contributed by atoms with Gasteiger partial charge in [-0.2, -0.15) is 4.80 Å². The first-order chi connectivity index (χ1) is 16.2. The number of ether oxygens (including phenoxy) is 1. The molecule has 0 spiro atoms. The summed E-state index contributed by atoms with van der Waals surface area (Å²) in [4.78, 5) is 14.8. The van der Waals surface area contributed by atoms with Gasteiger partial charge in [-0.05, 0) is 29.7 Å². The molecule has 0 saturated carbocycles. The average molecular weight is 441 g/mol. The van der Waals surface area contributed by atoms with Crippen molar-refractivity contribution in [2.75, 3.05) is 18.5 Å².